The standard InChI is InChI=1S/C12H19ClN2O2S2/c1-15(8-11-4-5-12(13)18-11)19(16,17)9-10-3-2-6-14-7-10/h4-5,10,14H,2-3,6-9H2,1H3. The molecule has 7 heteroatoms. The van der Waals surface area contributed by atoms with Gasteiger partial charge in [-0.1, -0.05) is 11.6 Å². The van der Waals surface area contributed by atoms with E-state index < -0.39 is 10.0 Å². The summed E-state index contributed by atoms with van der Waals surface area (Å²) < 4.78 is 26.7. The van der Waals surface area contributed by atoms with Crippen LogP contribution in [0.15, 0.2) is 12.1 Å². The average Bonchev–Trinajstić information content (AvgIpc) is 2.75. The van der Waals surface area contributed by atoms with Gasteiger partial charge in [-0.2, -0.15) is 4.31 Å². The van der Waals surface area contributed by atoms with Crippen LogP contribution in [-0.4, -0.2) is 38.6 Å². The molecule has 0 bridgehead atoms. The predicted molar refractivity (Wildman–Crippen MR) is 80.2 cm³/mol. The summed E-state index contributed by atoms with van der Waals surface area (Å²) in [5.74, 6) is 0.461. The van der Waals surface area contributed by atoms with E-state index in [1.54, 1.807) is 13.1 Å². The Morgan fingerprint density at radius 2 is 2.32 bits per heavy atom. The van der Waals surface area contributed by atoms with Crippen molar-refractivity contribution in [2.75, 3.05) is 25.9 Å². The first-order valence-corrected chi connectivity index (χ1v) is 9.16. The Morgan fingerprint density at radius 1 is 1.53 bits per heavy atom. The number of rotatable bonds is 5. The molecule has 1 unspecified atom stereocenters. The van der Waals surface area contributed by atoms with Crippen LogP contribution in [0.5, 0.6) is 0 Å². The van der Waals surface area contributed by atoms with E-state index in [4.69, 9.17) is 11.6 Å². The van der Waals surface area contributed by atoms with Crippen LogP contribution < -0.4 is 5.32 Å². The third kappa shape index (κ3) is 4.43. The molecule has 0 amide bonds. The minimum atomic E-state index is -3.19. The predicted octanol–water partition coefficient (Wildman–Crippen LogP) is 2.16. The van der Waals surface area contributed by atoms with Crippen molar-refractivity contribution >= 4 is 33.0 Å². The smallest absolute Gasteiger partial charge is 0.214 e. The van der Waals surface area contributed by atoms with Gasteiger partial charge in [0.25, 0.3) is 0 Å². The molecule has 2 rings (SSSR count). The number of nitrogens with zero attached hydrogens (tertiary/aromatic N) is 1. The highest BCUT2D eigenvalue weighted by atomic mass is 35.5. The average molecular weight is 323 g/mol. The van der Waals surface area contributed by atoms with E-state index in [0.717, 1.165) is 30.8 Å². The van der Waals surface area contributed by atoms with Gasteiger partial charge < -0.3 is 5.32 Å². The largest absolute Gasteiger partial charge is 0.316 e. The summed E-state index contributed by atoms with van der Waals surface area (Å²) >= 11 is 7.28. The normalized spacial score (nSPS) is 20.9. The third-order valence-electron chi connectivity index (χ3n) is 3.33. The Labute approximate surface area is 123 Å². The van der Waals surface area contributed by atoms with Gasteiger partial charge in [0, 0.05) is 18.5 Å². The second kappa shape index (κ2) is 6.54. The maximum Gasteiger partial charge on any atom is 0.214 e. The Balaban J connectivity index is 1.94. The van der Waals surface area contributed by atoms with Crippen LogP contribution in [0, 0.1) is 5.92 Å². The monoisotopic (exact) mass is 322 g/mol. The van der Waals surface area contributed by atoms with Gasteiger partial charge in [-0.3, -0.25) is 0 Å². The van der Waals surface area contributed by atoms with Crippen molar-refractivity contribution in [3.63, 3.8) is 0 Å². The molecule has 1 fully saturated rings. The molecule has 0 saturated carbocycles. The van der Waals surface area contributed by atoms with E-state index in [1.807, 2.05) is 6.07 Å². The van der Waals surface area contributed by atoms with Crippen LogP contribution >= 0.6 is 22.9 Å². The topological polar surface area (TPSA) is 49.4 Å². The van der Waals surface area contributed by atoms with E-state index in [1.165, 1.54) is 15.6 Å². The number of piperidine rings is 1. The minimum Gasteiger partial charge on any atom is -0.316 e. The first-order chi connectivity index (χ1) is 8.97. The maximum atomic E-state index is 12.3. The molecule has 1 aliphatic rings. The molecular formula is C12H19ClN2O2S2. The lowest BCUT2D eigenvalue weighted by molar-refractivity contribution is 0.391. The van der Waals surface area contributed by atoms with E-state index in [0.29, 0.717) is 10.9 Å². The number of hydrogen-bond donors (Lipinski definition) is 1. The molecule has 1 atom stereocenters. The highest BCUT2D eigenvalue weighted by Gasteiger charge is 2.25. The van der Waals surface area contributed by atoms with Gasteiger partial charge in [0.05, 0.1) is 10.1 Å². The van der Waals surface area contributed by atoms with Crippen molar-refractivity contribution in [1.82, 2.24) is 9.62 Å². The molecule has 0 aliphatic carbocycles. The van der Waals surface area contributed by atoms with Crippen LogP contribution in [0.25, 0.3) is 0 Å². The lowest BCUT2D eigenvalue weighted by Gasteiger charge is -2.25. The van der Waals surface area contributed by atoms with Crippen molar-refractivity contribution < 1.29 is 8.42 Å². The molecule has 4 nitrogen and oxygen atoms in total. The highest BCUT2D eigenvalue weighted by Crippen LogP contribution is 2.23. The molecule has 2 heterocycles. The van der Waals surface area contributed by atoms with E-state index in [-0.39, 0.29) is 11.7 Å². The quantitative estimate of drug-likeness (QED) is 0.903. The number of hydrogen-bond acceptors (Lipinski definition) is 4. The fourth-order valence-electron chi connectivity index (χ4n) is 2.25. The molecule has 108 valence electrons. The lowest BCUT2D eigenvalue weighted by atomic mass is 10.0. The van der Waals surface area contributed by atoms with Crippen molar-refractivity contribution in [2.45, 2.75) is 19.4 Å². The summed E-state index contributed by atoms with van der Waals surface area (Å²) in [6.45, 7) is 2.21. The first-order valence-electron chi connectivity index (χ1n) is 6.36. The summed E-state index contributed by atoms with van der Waals surface area (Å²) in [4.78, 5) is 0.970. The molecule has 19 heavy (non-hydrogen) atoms. The van der Waals surface area contributed by atoms with Gasteiger partial charge in [-0.05, 0) is 44.0 Å². The Kier molecular flexibility index (Phi) is 5.25. The second-order valence-electron chi connectivity index (χ2n) is 4.95. The molecule has 0 spiro atoms. The van der Waals surface area contributed by atoms with Gasteiger partial charge in [-0.25, -0.2) is 8.42 Å². The number of halogens is 1. The van der Waals surface area contributed by atoms with Gasteiger partial charge in [-0.15, -0.1) is 11.3 Å². The molecule has 0 aromatic carbocycles. The Bertz CT molecular complexity index is 510. The number of thiophene rings is 1. The zero-order valence-corrected chi connectivity index (χ0v) is 13.3. The molecular weight excluding hydrogens is 304 g/mol. The zero-order valence-electron chi connectivity index (χ0n) is 10.9. The summed E-state index contributed by atoms with van der Waals surface area (Å²) in [6, 6.07) is 3.67. The van der Waals surface area contributed by atoms with Crippen LogP contribution in [0.1, 0.15) is 17.7 Å². The molecule has 0 radical (unpaired) electrons. The molecule has 1 aromatic rings. The Hall–Kier alpha value is -0.140. The van der Waals surface area contributed by atoms with Gasteiger partial charge >= 0.3 is 0 Å². The molecule has 1 aromatic heterocycles. The van der Waals surface area contributed by atoms with Crippen LogP contribution in [-0.2, 0) is 16.6 Å². The summed E-state index contributed by atoms with van der Waals surface area (Å²) in [7, 11) is -1.55. The van der Waals surface area contributed by atoms with Crippen LogP contribution in [0.2, 0.25) is 4.34 Å². The highest BCUT2D eigenvalue weighted by molar-refractivity contribution is 7.89. The van der Waals surface area contributed by atoms with Gasteiger partial charge in [0.1, 0.15) is 0 Å². The summed E-state index contributed by atoms with van der Waals surface area (Å²) in [5.41, 5.74) is 0. The SMILES string of the molecule is CN(Cc1ccc(Cl)s1)S(=O)(=O)CC1CCCNC1. The van der Waals surface area contributed by atoms with Crippen molar-refractivity contribution in [2.24, 2.45) is 5.92 Å². The molecule has 1 N–H and O–H groups in total. The number of nitrogens with one attached hydrogen (secondary N) is 1. The fraction of sp³-hybridized carbons (Fsp3) is 0.667. The lowest BCUT2D eigenvalue weighted by Crippen LogP contribution is -2.38. The molecule has 1 aliphatic heterocycles. The third-order valence-corrected chi connectivity index (χ3v) is 6.51. The van der Waals surface area contributed by atoms with Gasteiger partial charge in [0.2, 0.25) is 10.0 Å². The van der Waals surface area contributed by atoms with E-state index in [2.05, 4.69) is 5.32 Å². The fourth-order valence-corrected chi connectivity index (χ4v) is 4.94. The maximum absolute atomic E-state index is 12.3. The van der Waals surface area contributed by atoms with Crippen molar-refractivity contribution in [1.29, 1.82) is 0 Å². The second-order valence-corrected chi connectivity index (χ2v) is 8.87. The van der Waals surface area contributed by atoms with Crippen LogP contribution in [0.4, 0.5) is 0 Å². The minimum absolute atomic E-state index is 0.230. The van der Waals surface area contributed by atoms with E-state index in [9.17, 15) is 8.42 Å². The van der Waals surface area contributed by atoms with Crippen LogP contribution in [0.3, 0.4) is 0 Å². The zero-order chi connectivity index (χ0) is 13.9. The summed E-state index contributed by atoms with van der Waals surface area (Å²) in [6.07, 6.45) is 2.05. The van der Waals surface area contributed by atoms with E-state index >= 15 is 0 Å². The first kappa shape index (κ1) is 15.3. The molecule has 1 saturated heterocycles. The van der Waals surface area contributed by atoms with Crippen molar-refractivity contribution in [3.05, 3.63) is 21.3 Å². The Morgan fingerprint density at radius 3 is 2.89 bits per heavy atom. The van der Waals surface area contributed by atoms with Crippen molar-refractivity contribution in [3.8, 4) is 0 Å². The summed E-state index contributed by atoms with van der Waals surface area (Å²) in [5, 5.41) is 3.25. The van der Waals surface area contributed by atoms with Gasteiger partial charge in [0.15, 0.2) is 0 Å². The number of sulfonamides is 1.